The topological polar surface area (TPSA) is 122 Å². The van der Waals surface area contributed by atoms with Gasteiger partial charge in [-0.25, -0.2) is 4.98 Å². The number of aromatic nitrogens is 4. The second-order valence-electron chi connectivity index (χ2n) is 6.31. The summed E-state index contributed by atoms with van der Waals surface area (Å²) in [4.78, 5) is 13.0. The molecule has 2 aliphatic rings. The smallest absolute Gasteiger partial charge is 0.224 e. The van der Waals surface area contributed by atoms with Gasteiger partial charge in [-0.15, -0.1) is 0 Å². The highest BCUT2D eigenvalue weighted by Gasteiger charge is 2.34. The van der Waals surface area contributed by atoms with Crippen LogP contribution in [-0.4, -0.2) is 48.5 Å². The number of imidazole rings is 1. The summed E-state index contributed by atoms with van der Waals surface area (Å²) in [7, 11) is 0. The Morgan fingerprint density at radius 1 is 1.32 bits per heavy atom. The van der Waals surface area contributed by atoms with Gasteiger partial charge in [0.25, 0.3) is 0 Å². The molecule has 118 valence electrons. The second kappa shape index (κ2) is 5.06. The quantitative estimate of drug-likeness (QED) is 0.640. The summed E-state index contributed by atoms with van der Waals surface area (Å²) in [5.41, 5.74) is 7.23. The van der Waals surface area contributed by atoms with Gasteiger partial charge in [0.05, 0.1) is 12.4 Å². The van der Waals surface area contributed by atoms with E-state index in [4.69, 9.17) is 5.73 Å². The Morgan fingerprint density at radius 2 is 2.14 bits per heavy atom. The number of nitrogen functional groups attached to an aromatic ring is 1. The zero-order valence-electron chi connectivity index (χ0n) is 12.2. The monoisotopic (exact) mass is 304 g/mol. The van der Waals surface area contributed by atoms with Crippen molar-refractivity contribution in [1.82, 2.24) is 19.5 Å². The first-order valence-electron chi connectivity index (χ1n) is 7.71. The predicted molar refractivity (Wildman–Crippen MR) is 81.2 cm³/mol. The van der Waals surface area contributed by atoms with E-state index < -0.39 is 6.10 Å². The summed E-state index contributed by atoms with van der Waals surface area (Å²) in [6.07, 6.45) is 4.81. The minimum atomic E-state index is -0.490. The first-order chi connectivity index (χ1) is 10.7. The van der Waals surface area contributed by atoms with Crippen molar-refractivity contribution in [1.29, 1.82) is 0 Å². The molecule has 5 N–H and O–H groups in total. The van der Waals surface area contributed by atoms with Gasteiger partial charge in [0, 0.05) is 24.6 Å². The van der Waals surface area contributed by atoms with Crippen molar-refractivity contribution in [2.75, 3.05) is 17.7 Å². The molecule has 2 aliphatic carbocycles. The molecule has 0 saturated heterocycles. The van der Waals surface area contributed by atoms with Gasteiger partial charge < -0.3 is 25.8 Å². The van der Waals surface area contributed by atoms with E-state index in [0.717, 1.165) is 12.8 Å². The van der Waals surface area contributed by atoms with E-state index in [-0.39, 0.29) is 24.5 Å². The lowest BCUT2D eigenvalue weighted by molar-refractivity contribution is 0.0906. The van der Waals surface area contributed by atoms with Crippen LogP contribution in [0.3, 0.4) is 0 Å². The molecule has 0 bridgehead atoms. The zero-order valence-corrected chi connectivity index (χ0v) is 12.2. The van der Waals surface area contributed by atoms with E-state index in [1.807, 2.05) is 4.57 Å². The molecule has 0 aromatic carbocycles. The maximum absolute atomic E-state index is 10.0. The summed E-state index contributed by atoms with van der Waals surface area (Å²) in [6.45, 7) is -0.00406. The van der Waals surface area contributed by atoms with Gasteiger partial charge in [-0.05, 0) is 25.7 Å². The molecule has 2 heterocycles. The van der Waals surface area contributed by atoms with Gasteiger partial charge in [0.2, 0.25) is 5.95 Å². The number of rotatable bonds is 4. The average Bonchev–Trinajstić information content (AvgIpc) is 3.07. The maximum Gasteiger partial charge on any atom is 0.224 e. The number of nitrogens with two attached hydrogens (primary N) is 1. The van der Waals surface area contributed by atoms with Crippen molar-refractivity contribution in [3.8, 4) is 0 Å². The second-order valence-corrected chi connectivity index (χ2v) is 6.31. The Kier molecular flexibility index (Phi) is 3.16. The number of nitrogens with zero attached hydrogens (tertiary/aromatic N) is 4. The highest BCUT2D eigenvalue weighted by atomic mass is 16.3. The van der Waals surface area contributed by atoms with Gasteiger partial charge in [-0.1, -0.05) is 0 Å². The van der Waals surface area contributed by atoms with Crippen LogP contribution in [0.5, 0.6) is 0 Å². The van der Waals surface area contributed by atoms with Gasteiger partial charge in [-0.2, -0.15) is 9.97 Å². The average molecular weight is 304 g/mol. The fourth-order valence-corrected chi connectivity index (χ4v) is 3.22. The highest BCUT2D eigenvalue weighted by molar-refractivity contribution is 5.84. The summed E-state index contributed by atoms with van der Waals surface area (Å²) in [5.74, 6) is 0.807. The van der Waals surface area contributed by atoms with Crippen LogP contribution >= 0.6 is 0 Å². The molecular weight excluding hydrogens is 284 g/mol. The summed E-state index contributed by atoms with van der Waals surface area (Å²) < 4.78 is 1.95. The van der Waals surface area contributed by atoms with Gasteiger partial charge >= 0.3 is 0 Å². The number of aliphatic hydroxyl groups is 2. The van der Waals surface area contributed by atoms with Crippen molar-refractivity contribution in [2.45, 2.75) is 43.9 Å². The number of hydrogen-bond donors (Lipinski definition) is 4. The molecule has 0 unspecified atom stereocenters. The molecule has 8 nitrogen and oxygen atoms in total. The minimum Gasteiger partial charge on any atom is -0.396 e. The molecule has 0 aliphatic heterocycles. The van der Waals surface area contributed by atoms with E-state index in [2.05, 4.69) is 20.3 Å². The Bertz CT molecular complexity index is 698. The van der Waals surface area contributed by atoms with Crippen LogP contribution in [0.15, 0.2) is 6.33 Å². The molecule has 22 heavy (non-hydrogen) atoms. The van der Waals surface area contributed by atoms with Gasteiger partial charge in [-0.3, -0.25) is 0 Å². The van der Waals surface area contributed by atoms with Gasteiger partial charge in [0.15, 0.2) is 17.0 Å². The van der Waals surface area contributed by atoms with Crippen molar-refractivity contribution in [3.63, 3.8) is 0 Å². The lowest BCUT2D eigenvalue weighted by atomic mass is 10.1. The maximum atomic E-state index is 10.0. The fourth-order valence-electron chi connectivity index (χ4n) is 3.22. The molecule has 0 radical (unpaired) electrons. The normalized spacial score (nSPS) is 28.4. The largest absolute Gasteiger partial charge is 0.396 e. The van der Waals surface area contributed by atoms with E-state index in [0.29, 0.717) is 35.9 Å². The van der Waals surface area contributed by atoms with Crippen LogP contribution in [0.25, 0.3) is 11.2 Å². The Labute approximate surface area is 127 Å². The Balaban J connectivity index is 1.71. The highest BCUT2D eigenvalue weighted by Crippen LogP contribution is 2.37. The number of hydrogen-bond acceptors (Lipinski definition) is 7. The zero-order chi connectivity index (χ0) is 15.3. The van der Waals surface area contributed by atoms with Crippen molar-refractivity contribution in [3.05, 3.63) is 6.33 Å². The van der Waals surface area contributed by atoms with Crippen LogP contribution < -0.4 is 11.1 Å². The molecular formula is C14H20N6O2. The van der Waals surface area contributed by atoms with Crippen molar-refractivity contribution >= 4 is 22.9 Å². The summed E-state index contributed by atoms with van der Waals surface area (Å²) in [5, 5.41) is 22.7. The third-order valence-corrected chi connectivity index (χ3v) is 4.62. The molecule has 3 atom stereocenters. The van der Waals surface area contributed by atoms with Crippen LogP contribution in [-0.2, 0) is 0 Å². The standard InChI is InChI=1S/C14H20N6O2/c15-14-18-12(17-8-1-2-8)11-13(19-14)20(6-16-11)9-3-7(5-21)10(22)4-9/h6-10,21-22H,1-5H2,(H3,15,17,18,19)/t7-,9-,10+/m0/s1. The summed E-state index contributed by atoms with van der Waals surface area (Å²) in [6, 6.07) is 0.523. The Hall–Kier alpha value is -1.93. The molecule has 4 rings (SSSR count). The molecule has 0 spiro atoms. The van der Waals surface area contributed by atoms with Crippen LogP contribution in [0.4, 0.5) is 11.8 Å². The number of anilines is 2. The molecule has 2 aromatic heterocycles. The van der Waals surface area contributed by atoms with Gasteiger partial charge in [0.1, 0.15) is 0 Å². The van der Waals surface area contributed by atoms with E-state index >= 15 is 0 Å². The summed E-state index contributed by atoms with van der Waals surface area (Å²) >= 11 is 0. The molecule has 8 heteroatoms. The predicted octanol–water partition coefficient (Wildman–Crippen LogP) is 0.287. The fraction of sp³-hybridized carbons (Fsp3) is 0.643. The van der Waals surface area contributed by atoms with E-state index in [1.54, 1.807) is 6.33 Å². The SMILES string of the molecule is Nc1nc(NC2CC2)c2ncn([C@H]3C[C@@H](CO)[C@H](O)C3)c2n1. The lowest BCUT2D eigenvalue weighted by Crippen LogP contribution is -2.16. The third kappa shape index (κ3) is 2.28. The van der Waals surface area contributed by atoms with E-state index in [1.165, 1.54) is 0 Å². The first kappa shape index (κ1) is 13.7. The number of aliphatic hydroxyl groups excluding tert-OH is 2. The number of nitrogens with one attached hydrogen (secondary N) is 1. The lowest BCUT2D eigenvalue weighted by Gasteiger charge is -2.13. The molecule has 0 amide bonds. The minimum absolute atomic E-state index is 0.00406. The van der Waals surface area contributed by atoms with Crippen molar-refractivity contribution < 1.29 is 10.2 Å². The first-order valence-corrected chi connectivity index (χ1v) is 7.71. The van der Waals surface area contributed by atoms with Crippen LogP contribution in [0.2, 0.25) is 0 Å². The number of fused-ring (bicyclic) bond motifs is 1. The Morgan fingerprint density at radius 3 is 2.82 bits per heavy atom. The molecule has 2 saturated carbocycles. The van der Waals surface area contributed by atoms with E-state index in [9.17, 15) is 10.2 Å². The third-order valence-electron chi connectivity index (χ3n) is 4.62. The van der Waals surface area contributed by atoms with Crippen LogP contribution in [0.1, 0.15) is 31.7 Å². The molecule has 2 aromatic rings. The van der Waals surface area contributed by atoms with Crippen LogP contribution in [0, 0.1) is 5.92 Å². The molecule has 2 fully saturated rings. The van der Waals surface area contributed by atoms with Crippen molar-refractivity contribution in [2.24, 2.45) is 5.92 Å².